The third-order valence-electron chi connectivity index (χ3n) is 6.50. The predicted octanol–water partition coefficient (Wildman–Crippen LogP) is 2.50. The van der Waals surface area contributed by atoms with Gasteiger partial charge in [0, 0.05) is 17.6 Å². The first-order valence-electron chi connectivity index (χ1n) is 11.2. The molecule has 194 valence electrons. The molecule has 1 saturated carbocycles. The number of anilines is 1. The molecule has 3 aromatic rings. The van der Waals surface area contributed by atoms with E-state index in [2.05, 4.69) is 20.1 Å². The summed E-state index contributed by atoms with van der Waals surface area (Å²) >= 11 is 0. The van der Waals surface area contributed by atoms with Gasteiger partial charge in [0.2, 0.25) is 11.8 Å². The number of aryl methyl sites for hydroxylation is 1. The molecule has 10 nitrogen and oxygen atoms in total. The standard InChI is InChI=1S/C23H20F4N6O4/c1-10-20-12(5-6-29-10)19(21(28)35)31-32(20)9-17(34)33-14-7-11(14)8-15(33)22(36)30-13-3-2-4-16(18(13)24)37-23(25,26)27/h2-6,11,14-15H,7-9H2,1H3,(H2,28,35)(H,30,36)/t11-,14-,15+/m1/s1. The molecule has 3 heterocycles. The Morgan fingerprint density at radius 3 is 2.68 bits per heavy atom. The summed E-state index contributed by atoms with van der Waals surface area (Å²) in [6, 6.07) is 3.36. The van der Waals surface area contributed by atoms with Crippen molar-refractivity contribution in [2.24, 2.45) is 11.7 Å². The molecule has 0 bridgehead atoms. The summed E-state index contributed by atoms with van der Waals surface area (Å²) in [7, 11) is 0. The number of fused-ring (bicyclic) bond motifs is 2. The first-order valence-corrected chi connectivity index (χ1v) is 11.2. The lowest BCUT2D eigenvalue weighted by Gasteiger charge is -2.27. The van der Waals surface area contributed by atoms with Crippen LogP contribution in [0.5, 0.6) is 5.75 Å². The molecule has 3 amide bonds. The van der Waals surface area contributed by atoms with Crippen LogP contribution in [-0.4, -0.2) is 55.8 Å². The molecule has 0 radical (unpaired) electrons. The number of alkyl halides is 3. The van der Waals surface area contributed by atoms with Gasteiger partial charge in [-0.25, -0.2) is 4.39 Å². The Morgan fingerprint density at radius 2 is 1.97 bits per heavy atom. The van der Waals surface area contributed by atoms with E-state index in [1.54, 1.807) is 13.0 Å². The van der Waals surface area contributed by atoms with Gasteiger partial charge in [-0.05, 0) is 43.9 Å². The number of likely N-dealkylation sites (tertiary alicyclic amines) is 1. The van der Waals surface area contributed by atoms with Gasteiger partial charge in [-0.2, -0.15) is 5.10 Å². The van der Waals surface area contributed by atoms with Gasteiger partial charge in [0.1, 0.15) is 12.6 Å². The van der Waals surface area contributed by atoms with Gasteiger partial charge in [-0.3, -0.25) is 24.0 Å². The number of pyridine rings is 1. The van der Waals surface area contributed by atoms with Gasteiger partial charge in [0.25, 0.3) is 5.91 Å². The number of aromatic nitrogens is 3. The molecule has 2 fully saturated rings. The smallest absolute Gasteiger partial charge is 0.403 e. The molecule has 1 saturated heterocycles. The van der Waals surface area contributed by atoms with E-state index in [1.807, 2.05) is 0 Å². The highest BCUT2D eigenvalue weighted by atomic mass is 19.4. The van der Waals surface area contributed by atoms with Crippen LogP contribution in [0.2, 0.25) is 0 Å². The summed E-state index contributed by atoms with van der Waals surface area (Å²) in [5.41, 5.74) is 5.86. The Hall–Kier alpha value is -4.23. The monoisotopic (exact) mass is 520 g/mol. The summed E-state index contributed by atoms with van der Waals surface area (Å²) < 4.78 is 57.1. The fourth-order valence-electron chi connectivity index (χ4n) is 4.88. The van der Waals surface area contributed by atoms with Crippen molar-refractivity contribution in [3.63, 3.8) is 0 Å². The zero-order valence-electron chi connectivity index (χ0n) is 19.3. The Bertz CT molecular complexity index is 1440. The van der Waals surface area contributed by atoms with Crippen LogP contribution < -0.4 is 15.8 Å². The first kappa shape index (κ1) is 24.5. The molecule has 2 aliphatic rings. The molecular formula is C23H20F4N6O4. The van der Waals surface area contributed by atoms with Crippen molar-refractivity contribution < 1.29 is 36.7 Å². The Labute approximate surface area is 206 Å². The maximum Gasteiger partial charge on any atom is 0.573 e. The quantitative estimate of drug-likeness (QED) is 0.480. The van der Waals surface area contributed by atoms with E-state index in [-0.39, 0.29) is 24.2 Å². The van der Waals surface area contributed by atoms with Crippen molar-refractivity contribution >= 4 is 34.3 Å². The van der Waals surface area contributed by atoms with Crippen LogP contribution in [0, 0.1) is 18.7 Å². The number of carbonyl (C=O) groups is 3. The zero-order chi connectivity index (χ0) is 26.6. The van der Waals surface area contributed by atoms with Crippen molar-refractivity contribution in [1.29, 1.82) is 0 Å². The lowest BCUT2D eigenvalue weighted by atomic mass is 10.1. The number of nitrogens with one attached hydrogen (secondary N) is 1. The molecular weight excluding hydrogens is 500 g/mol. The minimum atomic E-state index is -5.11. The average Bonchev–Trinajstić information content (AvgIpc) is 3.30. The van der Waals surface area contributed by atoms with Crippen LogP contribution in [0.1, 0.15) is 29.0 Å². The number of rotatable bonds is 6. The fraction of sp³-hybridized carbons (Fsp3) is 0.348. The minimum Gasteiger partial charge on any atom is -0.403 e. The molecule has 37 heavy (non-hydrogen) atoms. The van der Waals surface area contributed by atoms with Crippen molar-refractivity contribution in [3.05, 3.63) is 47.7 Å². The Morgan fingerprint density at radius 1 is 1.22 bits per heavy atom. The number of halogens is 4. The molecule has 3 atom stereocenters. The lowest BCUT2D eigenvalue weighted by Crippen LogP contribution is -2.46. The van der Waals surface area contributed by atoms with E-state index >= 15 is 0 Å². The van der Waals surface area contributed by atoms with Crippen molar-refractivity contribution in [2.75, 3.05) is 5.32 Å². The summed E-state index contributed by atoms with van der Waals surface area (Å²) in [4.78, 5) is 43.8. The van der Waals surface area contributed by atoms with Gasteiger partial charge in [-0.1, -0.05) is 6.07 Å². The van der Waals surface area contributed by atoms with Gasteiger partial charge >= 0.3 is 6.36 Å². The normalized spacial score (nSPS) is 20.6. The van der Waals surface area contributed by atoms with Crippen LogP contribution in [0.3, 0.4) is 0 Å². The highest BCUT2D eigenvalue weighted by molar-refractivity contribution is 6.05. The third-order valence-corrected chi connectivity index (χ3v) is 6.50. The molecule has 1 aliphatic heterocycles. The Balaban J connectivity index is 1.37. The molecule has 5 rings (SSSR count). The zero-order valence-corrected chi connectivity index (χ0v) is 19.3. The van der Waals surface area contributed by atoms with E-state index in [4.69, 9.17) is 5.73 Å². The molecule has 14 heteroatoms. The highest BCUT2D eigenvalue weighted by Gasteiger charge is 2.56. The number of hydrogen-bond acceptors (Lipinski definition) is 6. The van der Waals surface area contributed by atoms with Crippen LogP contribution in [0.4, 0.5) is 23.2 Å². The maximum absolute atomic E-state index is 14.6. The lowest BCUT2D eigenvalue weighted by molar-refractivity contribution is -0.275. The van der Waals surface area contributed by atoms with E-state index in [0.717, 1.165) is 18.2 Å². The molecule has 1 aliphatic carbocycles. The number of amides is 3. The number of ether oxygens (including phenoxy) is 1. The number of carbonyl (C=O) groups excluding carboxylic acids is 3. The summed E-state index contributed by atoms with van der Waals surface area (Å²) in [6.45, 7) is 1.37. The number of piperidine rings is 1. The van der Waals surface area contributed by atoms with Crippen molar-refractivity contribution in [1.82, 2.24) is 19.7 Å². The second-order valence-electron chi connectivity index (χ2n) is 8.93. The first-order chi connectivity index (χ1) is 17.4. The van der Waals surface area contributed by atoms with E-state index < -0.39 is 47.4 Å². The summed E-state index contributed by atoms with van der Waals surface area (Å²) in [5, 5.41) is 6.90. The van der Waals surface area contributed by atoms with Crippen LogP contribution in [0.15, 0.2) is 30.5 Å². The molecule has 0 spiro atoms. The van der Waals surface area contributed by atoms with E-state index in [9.17, 15) is 31.9 Å². The second-order valence-corrected chi connectivity index (χ2v) is 8.93. The highest BCUT2D eigenvalue weighted by Crippen LogP contribution is 2.48. The number of nitrogens with two attached hydrogens (primary N) is 1. The topological polar surface area (TPSA) is 132 Å². The fourth-order valence-corrected chi connectivity index (χ4v) is 4.88. The molecule has 0 unspecified atom stereocenters. The van der Waals surface area contributed by atoms with Crippen molar-refractivity contribution in [2.45, 2.75) is 44.8 Å². The predicted molar refractivity (Wildman–Crippen MR) is 120 cm³/mol. The van der Waals surface area contributed by atoms with E-state index in [1.165, 1.54) is 15.8 Å². The second kappa shape index (κ2) is 8.71. The SMILES string of the molecule is Cc1nccc2c(C(N)=O)nn(CC(=O)N3[C@@H]4C[C@@H]4C[C@H]3C(=O)Nc3cccc(OC(F)(F)F)c3F)c12. The summed E-state index contributed by atoms with van der Waals surface area (Å²) in [5.74, 6) is -4.40. The van der Waals surface area contributed by atoms with Gasteiger partial charge in [0.05, 0.1) is 16.9 Å². The largest absolute Gasteiger partial charge is 0.573 e. The molecule has 3 N–H and O–H groups in total. The van der Waals surface area contributed by atoms with Crippen LogP contribution in [-0.2, 0) is 16.1 Å². The molecule has 1 aromatic carbocycles. The average molecular weight is 520 g/mol. The number of hydrogen-bond donors (Lipinski definition) is 2. The van der Waals surface area contributed by atoms with E-state index in [0.29, 0.717) is 29.4 Å². The molecule has 2 aromatic heterocycles. The van der Waals surface area contributed by atoms with Crippen LogP contribution in [0.25, 0.3) is 10.9 Å². The number of nitrogens with zero attached hydrogens (tertiary/aromatic N) is 4. The van der Waals surface area contributed by atoms with Gasteiger partial charge in [-0.15, -0.1) is 13.2 Å². The van der Waals surface area contributed by atoms with Crippen molar-refractivity contribution in [3.8, 4) is 5.75 Å². The Kier molecular flexibility index (Phi) is 5.76. The third kappa shape index (κ3) is 4.54. The minimum absolute atomic E-state index is 0.0234. The van der Waals surface area contributed by atoms with Crippen LogP contribution >= 0.6 is 0 Å². The van der Waals surface area contributed by atoms with Gasteiger partial charge in [0.15, 0.2) is 17.3 Å². The summed E-state index contributed by atoms with van der Waals surface area (Å²) in [6.07, 6.45) is -2.62. The maximum atomic E-state index is 14.6. The number of primary amides is 1. The van der Waals surface area contributed by atoms with Gasteiger partial charge < -0.3 is 20.7 Å². The number of benzene rings is 1.